The molecule has 7 nitrogen and oxygen atoms in total. The number of aryl methyl sites for hydroxylation is 1. The van der Waals surface area contributed by atoms with Crippen molar-refractivity contribution in [3.05, 3.63) is 16.8 Å². The minimum absolute atomic E-state index is 0.231. The van der Waals surface area contributed by atoms with E-state index in [1.54, 1.807) is 6.92 Å². The fraction of sp³-hybridized carbons (Fsp3) is 0.467. The van der Waals surface area contributed by atoms with E-state index in [1.807, 2.05) is 4.90 Å². The fourth-order valence-electron chi connectivity index (χ4n) is 2.83. The van der Waals surface area contributed by atoms with Gasteiger partial charge in [0.05, 0.1) is 5.39 Å². The number of carbonyl (C=O) groups is 2. The molecule has 1 aliphatic heterocycles. The van der Waals surface area contributed by atoms with Crippen molar-refractivity contribution in [2.45, 2.75) is 26.2 Å². The highest BCUT2D eigenvalue weighted by molar-refractivity contribution is 7.20. The first-order chi connectivity index (χ1) is 11.1. The molecule has 1 saturated heterocycles. The van der Waals surface area contributed by atoms with Crippen LogP contribution in [0.25, 0.3) is 10.2 Å². The Morgan fingerprint density at radius 1 is 1.48 bits per heavy atom. The number of nitrogens with one attached hydrogen (secondary N) is 1. The summed E-state index contributed by atoms with van der Waals surface area (Å²) in [5.74, 6) is -0.0535. The molecule has 3 heterocycles. The molecule has 0 aliphatic carbocycles. The van der Waals surface area contributed by atoms with E-state index in [9.17, 15) is 14.7 Å². The number of rotatable bonds is 6. The van der Waals surface area contributed by atoms with Crippen LogP contribution in [0.4, 0.5) is 5.82 Å². The van der Waals surface area contributed by atoms with Crippen LogP contribution < -0.4 is 5.32 Å². The Kier molecular flexibility index (Phi) is 4.42. The van der Waals surface area contributed by atoms with Crippen LogP contribution in [0.1, 0.15) is 34.5 Å². The second-order valence-electron chi connectivity index (χ2n) is 5.53. The lowest BCUT2D eigenvalue weighted by Gasteiger charge is -2.15. The maximum atomic E-state index is 11.6. The zero-order valence-corrected chi connectivity index (χ0v) is 13.7. The number of anilines is 1. The number of thiophene rings is 1. The van der Waals surface area contributed by atoms with Crippen LogP contribution >= 0.6 is 11.3 Å². The van der Waals surface area contributed by atoms with Crippen LogP contribution in [0, 0.1) is 6.92 Å². The highest BCUT2D eigenvalue weighted by Gasteiger charge is 2.20. The summed E-state index contributed by atoms with van der Waals surface area (Å²) in [5, 5.41) is 13.2. The number of aromatic carboxylic acids is 1. The Balaban J connectivity index is 1.68. The highest BCUT2D eigenvalue weighted by atomic mass is 32.1. The number of likely N-dealkylation sites (tertiary alicyclic amines) is 1. The average molecular weight is 334 g/mol. The number of amides is 1. The van der Waals surface area contributed by atoms with Crippen molar-refractivity contribution in [3.8, 4) is 0 Å². The molecule has 0 bridgehead atoms. The molecule has 0 atom stereocenters. The van der Waals surface area contributed by atoms with Crippen LogP contribution in [0.15, 0.2) is 6.33 Å². The molecule has 0 spiro atoms. The van der Waals surface area contributed by atoms with Gasteiger partial charge in [0.1, 0.15) is 21.9 Å². The van der Waals surface area contributed by atoms with Crippen molar-refractivity contribution in [2.24, 2.45) is 0 Å². The van der Waals surface area contributed by atoms with E-state index in [0.29, 0.717) is 34.1 Å². The van der Waals surface area contributed by atoms with E-state index in [2.05, 4.69) is 15.3 Å². The summed E-state index contributed by atoms with van der Waals surface area (Å²) in [6.45, 7) is 4.04. The van der Waals surface area contributed by atoms with Crippen molar-refractivity contribution in [3.63, 3.8) is 0 Å². The maximum absolute atomic E-state index is 11.6. The summed E-state index contributed by atoms with van der Waals surface area (Å²) in [5.41, 5.74) is 0.690. The number of nitrogens with zero attached hydrogens (tertiary/aromatic N) is 3. The molecule has 122 valence electrons. The Morgan fingerprint density at radius 3 is 3.00 bits per heavy atom. The smallest absolute Gasteiger partial charge is 0.346 e. The summed E-state index contributed by atoms with van der Waals surface area (Å²) in [6.07, 6.45) is 3.87. The zero-order valence-electron chi connectivity index (χ0n) is 12.8. The quantitative estimate of drug-likeness (QED) is 0.786. The van der Waals surface area contributed by atoms with Gasteiger partial charge >= 0.3 is 5.97 Å². The monoisotopic (exact) mass is 334 g/mol. The van der Waals surface area contributed by atoms with Crippen LogP contribution in [0.2, 0.25) is 0 Å². The molecule has 2 aromatic rings. The number of aromatic nitrogens is 2. The molecule has 0 unspecified atom stereocenters. The van der Waals surface area contributed by atoms with Gasteiger partial charge in [-0.3, -0.25) is 4.79 Å². The molecular formula is C15H18N4O3S. The third-order valence-corrected chi connectivity index (χ3v) is 5.18. The predicted octanol–water partition coefficient (Wildman–Crippen LogP) is 2.12. The van der Waals surface area contributed by atoms with Crippen molar-refractivity contribution < 1.29 is 14.7 Å². The number of hydrogen-bond acceptors (Lipinski definition) is 6. The van der Waals surface area contributed by atoms with E-state index in [-0.39, 0.29) is 5.91 Å². The molecule has 0 radical (unpaired) electrons. The fourth-order valence-corrected chi connectivity index (χ4v) is 3.81. The van der Waals surface area contributed by atoms with E-state index in [4.69, 9.17) is 0 Å². The van der Waals surface area contributed by atoms with Gasteiger partial charge in [0.25, 0.3) is 0 Å². The topological polar surface area (TPSA) is 95.4 Å². The standard InChI is InChI=1S/C15H18N4O3S/c1-9-11-13(16-5-3-7-19-6-2-4-10(19)20)17-8-18-14(11)23-12(9)15(21)22/h8H,2-7H2,1H3,(H,21,22)(H,16,17,18). The summed E-state index contributed by atoms with van der Waals surface area (Å²) in [7, 11) is 0. The van der Waals surface area contributed by atoms with Gasteiger partial charge in [0, 0.05) is 26.1 Å². The first-order valence-electron chi connectivity index (χ1n) is 7.57. The molecule has 1 aliphatic rings. The lowest BCUT2D eigenvalue weighted by molar-refractivity contribution is -0.127. The van der Waals surface area contributed by atoms with Gasteiger partial charge in [-0.05, 0) is 25.3 Å². The summed E-state index contributed by atoms with van der Waals surface area (Å²) in [6, 6.07) is 0. The molecule has 2 aromatic heterocycles. The first kappa shape index (κ1) is 15.7. The third kappa shape index (κ3) is 3.12. The Hall–Kier alpha value is -2.22. The van der Waals surface area contributed by atoms with Gasteiger partial charge in [-0.2, -0.15) is 0 Å². The summed E-state index contributed by atoms with van der Waals surface area (Å²) >= 11 is 1.16. The number of fused-ring (bicyclic) bond motifs is 1. The largest absolute Gasteiger partial charge is 0.477 e. The number of carboxylic acid groups (broad SMARTS) is 1. The second-order valence-corrected chi connectivity index (χ2v) is 6.53. The van der Waals surface area contributed by atoms with Gasteiger partial charge in [-0.25, -0.2) is 14.8 Å². The number of carboxylic acids is 1. The van der Waals surface area contributed by atoms with Crippen LogP contribution in [0.5, 0.6) is 0 Å². The normalized spacial score (nSPS) is 14.7. The van der Waals surface area contributed by atoms with Crippen LogP contribution in [-0.2, 0) is 4.79 Å². The molecule has 1 amide bonds. The third-order valence-electron chi connectivity index (χ3n) is 3.99. The van der Waals surface area contributed by atoms with Gasteiger partial charge in [0.15, 0.2) is 0 Å². The number of hydrogen-bond donors (Lipinski definition) is 2. The van der Waals surface area contributed by atoms with Crippen molar-refractivity contribution in [2.75, 3.05) is 25.0 Å². The van der Waals surface area contributed by atoms with Crippen LogP contribution in [0.3, 0.4) is 0 Å². The molecule has 23 heavy (non-hydrogen) atoms. The first-order valence-corrected chi connectivity index (χ1v) is 8.38. The van der Waals surface area contributed by atoms with Crippen molar-refractivity contribution in [1.82, 2.24) is 14.9 Å². The molecular weight excluding hydrogens is 316 g/mol. The van der Waals surface area contributed by atoms with Crippen molar-refractivity contribution >= 4 is 39.2 Å². The Morgan fingerprint density at radius 2 is 2.30 bits per heavy atom. The lowest BCUT2D eigenvalue weighted by Crippen LogP contribution is -2.27. The Labute approximate surface area is 137 Å². The molecule has 0 aromatic carbocycles. The summed E-state index contributed by atoms with van der Waals surface area (Å²) < 4.78 is 0. The molecule has 2 N–H and O–H groups in total. The lowest BCUT2D eigenvalue weighted by atomic mass is 10.2. The molecule has 8 heteroatoms. The molecule has 0 saturated carbocycles. The maximum Gasteiger partial charge on any atom is 0.346 e. The van der Waals surface area contributed by atoms with Gasteiger partial charge in [0.2, 0.25) is 5.91 Å². The van der Waals surface area contributed by atoms with E-state index < -0.39 is 5.97 Å². The SMILES string of the molecule is Cc1c(C(=O)O)sc2ncnc(NCCCN3CCCC3=O)c12. The van der Waals surface area contributed by atoms with E-state index in [0.717, 1.165) is 42.7 Å². The molecule has 3 rings (SSSR count). The second kappa shape index (κ2) is 6.49. The minimum atomic E-state index is -0.941. The minimum Gasteiger partial charge on any atom is -0.477 e. The van der Waals surface area contributed by atoms with Gasteiger partial charge in [-0.1, -0.05) is 0 Å². The average Bonchev–Trinajstić information content (AvgIpc) is 3.08. The highest BCUT2D eigenvalue weighted by Crippen LogP contribution is 2.33. The van der Waals surface area contributed by atoms with Gasteiger partial charge in [-0.15, -0.1) is 11.3 Å². The van der Waals surface area contributed by atoms with E-state index in [1.165, 1.54) is 6.33 Å². The Bertz CT molecular complexity index is 759. The van der Waals surface area contributed by atoms with E-state index >= 15 is 0 Å². The van der Waals surface area contributed by atoms with Crippen molar-refractivity contribution in [1.29, 1.82) is 0 Å². The summed E-state index contributed by atoms with van der Waals surface area (Å²) in [4.78, 5) is 34.0. The van der Waals surface area contributed by atoms with Gasteiger partial charge < -0.3 is 15.3 Å². The molecule has 1 fully saturated rings. The number of carbonyl (C=O) groups excluding carboxylic acids is 1. The zero-order chi connectivity index (χ0) is 16.4. The predicted molar refractivity (Wildman–Crippen MR) is 88.0 cm³/mol. The van der Waals surface area contributed by atoms with Crippen LogP contribution in [-0.4, -0.2) is 51.5 Å².